The van der Waals surface area contributed by atoms with Gasteiger partial charge >= 0.3 is 0 Å². The Labute approximate surface area is 91.3 Å². The SMILES string of the molecule is CCC[C@H](CC=O)OCc1ccccc1. The minimum absolute atomic E-state index is 0.0766. The topological polar surface area (TPSA) is 26.3 Å². The molecule has 0 N–H and O–H groups in total. The van der Waals surface area contributed by atoms with Gasteiger partial charge in [0.05, 0.1) is 12.7 Å². The van der Waals surface area contributed by atoms with Crippen molar-refractivity contribution in [2.45, 2.75) is 38.9 Å². The molecule has 1 aromatic rings. The summed E-state index contributed by atoms with van der Waals surface area (Å²) in [7, 11) is 0. The molecule has 1 rings (SSSR count). The third-order valence-corrected chi connectivity index (χ3v) is 2.30. The van der Waals surface area contributed by atoms with E-state index in [2.05, 4.69) is 6.92 Å². The normalized spacial score (nSPS) is 12.3. The largest absolute Gasteiger partial charge is 0.373 e. The van der Waals surface area contributed by atoms with Crippen LogP contribution in [0.3, 0.4) is 0 Å². The Balaban J connectivity index is 2.36. The first kappa shape index (κ1) is 11.9. The van der Waals surface area contributed by atoms with Crippen molar-refractivity contribution in [2.75, 3.05) is 0 Å². The number of benzene rings is 1. The molecule has 0 aliphatic rings. The lowest BCUT2D eigenvalue weighted by Gasteiger charge is -2.14. The number of ether oxygens (including phenoxy) is 1. The summed E-state index contributed by atoms with van der Waals surface area (Å²) in [6.45, 7) is 2.70. The van der Waals surface area contributed by atoms with Crippen molar-refractivity contribution in [2.24, 2.45) is 0 Å². The Bertz CT molecular complexity index is 269. The molecule has 0 spiro atoms. The zero-order valence-corrected chi connectivity index (χ0v) is 9.19. The first-order chi connectivity index (χ1) is 7.36. The van der Waals surface area contributed by atoms with E-state index in [0.29, 0.717) is 13.0 Å². The van der Waals surface area contributed by atoms with Crippen LogP contribution in [0.15, 0.2) is 30.3 Å². The molecule has 0 saturated heterocycles. The predicted molar refractivity (Wildman–Crippen MR) is 60.6 cm³/mol. The van der Waals surface area contributed by atoms with Crippen LogP contribution in [0.2, 0.25) is 0 Å². The van der Waals surface area contributed by atoms with Crippen LogP contribution in [-0.4, -0.2) is 12.4 Å². The predicted octanol–water partition coefficient (Wildman–Crippen LogP) is 2.96. The fourth-order valence-electron chi connectivity index (χ4n) is 1.49. The molecule has 2 nitrogen and oxygen atoms in total. The van der Waals surface area contributed by atoms with Crippen molar-refractivity contribution in [1.82, 2.24) is 0 Å². The molecule has 1 atom stereocenters. The maximum absolute atomic E-state index is 10.4. The van der Waals surface area contributed by atoms with Crippen molar-refractivity contribution in [3.63, 3.8) is 0 Å². The molecule has 0 aliphatic heterocycles. The van der Waals surface area contributed by atoms with E-state index in [4.69, 9.17) is 4.74 Å². The van der Waals surface area contributed by atoms with Gasteiger partial charge < -0.3 is 9.53 Å². The fraction of sp³-hybridized carbons (Fsp3) is 0.462. The lowest BCUT2D eigenvalue weighted by atomic mass is 10.1. The van der Waals surface area contributed by atoms with E-state index in [1.165, 1.54) is 0 Å². The van der Waals surface area contributed by atoms with Crippen molar-refractivity contribution < 1.29 is 9.53 Å². The molecule has 0 aliphatic carbocycles. The van der Waals surface area contributed by atoms with Gasteiger partial charge in [0.2, 0.25) is 0 Å². The molecule has 0 amide bonds. The number of hydrogen-bond acceptors (Lipinski definition) is 2. The number of rotatable bonds is 7. The van der Waals surface area contributed by atoms with Crippen LogP contribution in [0.1, 0.15) is 31.7 Å². The van der Waals surface area contributed by atoms with Crippen LogP contribution >= 0.6 is 0 Å². The maximum Gasteiger partial charge on any atom is 0.122 e. The summed E-state index contributed by atoms with van der Waals surface area (Å²) in [5.74, 6) is 0. The quantitative estimate of drug-likeness (QED) is 0.641. The molecule has 1 aromatic carbocycles. The van der Waals surface area contributed by atoms with Gasteiger partial charge in [-0.3, -0.25) is 0 Å². The average molecular weight is 206 g/mol. The standard InChI is InChI=1S/C13H18O2/c1-2-6-13(9-10-14)15-11-12-7-4-3-5-8-12/h3-5,7-8,10,13H,2,6,9,11H2,1H3/t13-/m1/s1. The second-order valence-electron chi connectivity index (χ2n) is 3.61. The van der Waals surface area contributed by atoms with E-state index in [0.717, 1.165) is 24.7 Å². The monoisotopic (exact) mass is 206 g/mol. The summed E-state index contributed by atoms with van der Waals surface area (Å²) in [5.41, 5.74) is 1.16. The van der Waals surface area contributed by atoms with Gasteiger partial charge in [0, 0.05) is 6.42 Å². The van der Waals surface area contributed by atoms with Crippen LogP contribution in [0, 0.1) is 0 Å². The second kappa shape index (κ2) is 7.18. The first-order valence-corrected chi connectivity index (χ1v) is 5.46. The molecular formula is C13H18O2. The van der Waals surface area contributed by atoms with Crippen LogP contribution in [0.4, 0.5) is 0 Å². The average Bonchev–Trinajstić information content (AvgIpc) is 2.28. The summed E-state index contributed by atoms with van der Waals surface area (Å²) in [4.78, 5) is 10.4. The van der Waals surface area contributed by atoms with E-state index >= 15 is 0 Å². The summed E-state index contributed by atoms with van der Waals surface area (Å²) >= 11 is 0. The highest BCUT2D eigenvalue weighted by Crippen LogP contribution is 2.09. The molecule has 0 saturated carbocycles. The lowest BCUT2D eigenvalue weighted by Crippen LogP contribution is -2.13. The fourth-order valence-corrected chi connectivity index (χ4v) is 1.49. The van der Waals surface area contributed by atoms with Crippen molar-refractivity contribution in [3.05, 3.63) is 35.9 Å². The van der Waals surface area contributed by atoms with Gasteiger partial charge in [0.1, 0.15) is 6.29 Å². The minimum Gasteiger partial charge on any atom is -0.373 e. The molecule has 0 heterocycles. The minimum atomic E-state index is 0.0766. The lowest BCUT2D eigenvalue weighted by molar-refractivity contribution is -0.110. The molecule has 0 unspecified atom stereocenters. The van der Waals surface area contributed by atoms with Gasteiger partial charge in [-0.25, -0.2) is 0 Å². The molecule has 0 aromatic heterocycles. The molecular weight excluding hydrogens is 188 g/mol. The summed E-state index contributed by atoms with van der Waals surface area (Å²) in [6, 6.07) is 10.0. The number of hydrogen-bond donors (Lipinski definition) is 0. The third-order valence-electron chi connectivity index (χ3n) is 2.30. The third kappa shape index (κ3) is 4.75. The highest BCUT2D eigenvalue weighted by atomic mass is 16.5. The van der Waals surface area contributed by atoms with Crippen LogP contribution < -0.4 is 0 Å². The molecule has 0 radical (unpaired) electrons. The van der Waals surface area contributed by atoms with Crippen molar-refractivity contribution in [3.8, 4) is 0 Å². The van der Waals surface area contributed by atoms with Gasteiger partial charge in [-0.2, -0.15) is 0 Å². The van der Waals surface area contributed by atoms with E-state index in [9.17, 15) is 4.79 Å². The highest BCUT2D eigenvalue weighted by molar-refractivity contribution is 5.50. The number of carbonyl (C=O) groups excluding carboxylic acids is 1. The summed E-state index contributed by atoms with van der Waals surface area (Å²) in [6.07, 6.45) is 3.51. The van der Waals surface area contributed by atoms with Gasteiger partial charge in [-0.1, -0.05) is 43.7 Å². The smallest absolute Gasteiger partial charge is 0.122 e. The van der Waals surface area contributed by atoms with Crippen molar-refractivity contribution in [1.29, 1.82) is 0 Å². The molecule has 0 bridgehead atoms. The van der Waals surface area contributed by atoms with Gasteiger partial charge in [-0.15, -0.1) is 0 Å². The van der Waals surface area contributed by atoms with Gasteiger partial charge in [0.15, 0.2) is 0 Å². The number of carbonyl (C=O) groups is 1. The highest BCUT2D eigenvalue weighted by Gasteiger charge is 2.06. The molecule has 82 valence electrons. The second-order valence-corrected chi connectivity index (χ2v) is 3.61. The number of aldehydes is 1. The zero-order valence-electron chi connectivity index (χ0n) is 9.19. The van der Waals surface area contributed by atoms with E-state index in [-0.39, 0.29) is 6.10 Å². The Morgan fingerprint density at radius 2 is 2.07 bits per heavy atom. The molecule has 15 heavy (non-hydrogen) atoms. The van der Waals surface area contributed by atoms with E-state index in [1.54, 1.807) is 0 Å². The van der Waals surface area contributed by atoms with E-state index in [1.807, 2.05) is 30.3 Å². The van der Waals surface area contributed by atoms with Gasteiger partial charge in [-0.05, 0) is 12.0 Å². The van der Waals surface area contributed by atoms with E-state index < -0.39 is 0 Å². The molecule has 2 heteroatoms. The maximum atomic E-state index is 10.4. The molecule has 0 fully saturated rings. The Morgan fingerprint density at radius 3 is 2.67 bits per heavy atom. The van der Waals surface area contributed by atoms with Crippen LogP contribution in [-0.2, 0) is 16.1 Å². The van der Waals surface area contributed by atoms with Crippen molar-refractivity contribution >= 4 is 6.29 Å². The van der Waals surface area contributed by atoms with Gasteiger partial charge in [0.25, 0.3) is 0 Å². The Kier molecular flexibility index (Phi) is 5.71. The summed E-state index contributed by atoms with van der Waals surface area (Å²) in [5, 5.41) is 0. The summed E-state index contributed by atoms with van der Waals surface area (Å²) < 4.78 is 5.68. The zero-order chi connectivity index (χ0) is 10.9. The first-order valence-electron chi connectivity index (χ1n) is 5.46. The van der Waals surface area contributed by atoms with Crippen LogP contribution in [0.25, 0.3) is 0 Å². The Morgan fingerprint density at radius 1 is 1.33 bits per heavy atom. The Hall–Kier alpha value is -1.15. The van der Waals surface area contributed by atoms with Crippen LogP contribution in [0.5, 0.6) is 0 Å².